The summed E-state index contributed by atoms with van der Waals surface area (Å²) in [5, 5.41) is 14.9. The molecule has 1 N–H and O–H groups in total. The minimum Gasteiger partial charge on any atom is -0.391 e. The van der Waals surface area contributed by atoms with Crippen LogP contribution in [0.15, 0.2) is 18.5 Å². The summed E-state index contributed by atoms with van der Waals surface area (Å²) in [6.45, 7) is 3.76. The van der Waals surface area contributed by atoms with Gasteiger partial charge in [-0.25, -0.2) is 0 Å². The zero-order valence-corrected chi connectivity index (χ0v) is 13.5. The number of nitrogens with zero attached hydrogens (tertiary/aromatic N) is 3. The predicted molar refractivity (Wildman–Crippen MR) is 86.5 cm³/mol. The topological polar surface area (TPSA) is 41.3 Å². The first-order chi connectivity index (χ1) is 10.8. The third kappa shape index (κ3) is 2.95. The van der Waals surface area contributed by atoms with E-state index in [2.05, 4.69) is 10.00 Å². The van der Waals surface area contributed by atoms with E-state index in [0.29, 0.717) is 5.92 Å². The van der Waals surface area contributed by atoms with Gasteiger partial charge in [0.05, 0.1) is 12.1 Å². The average Bonchev–Trinajstić information content (AvgIpc) is 3.16. The van der Waals surface area contributed by atoms with Crippen molar-refractivity contribution in [2.24, 2.45) is 17.8 Å². The van der Waals surface area contributed by atoms with E-state index in [0.717, 1.165) is 24.7 Å². The largest absolute Gasteiger partial charge is 0.391 e. The summed E-state index contributed by atoms with van der Waals surface area (Å²) in [4.78, 5) is 2.70. The molecule has 0 amide bonds. The molecule has 0 aromatic carbocycles. The van der Waals surface area contributed by atoms with Gasteiger partial charge in [-0.15, -0.1) is 0 Å². The van der Waals surface area contributed by atoms with Gasteiger partial charge in [-0.3, -0.25) is 4.68 Å². The SMILES string of the molecule is O[C@H]1C[C@@H]2CN(CC3CCCCC3)C[C@@H]2C[C@@H]1n1cccn1. The van der Waals surface area contributed by atoms with E-state index < -0.39 is 0 Å². The van der Waals surface area contributed by atoms with Crippen LogP contribution < -0.4 is 0 Å². The zero-order valence-electron chi connectivity index (χ0n) is 13.5. The average molecular weight is 303 g/mol. The van der Waals surface area contributed by atoms with E-state index >= 15 is 0 Å². The van der Waals surface area contributed by atoms with E-state index in [1.807, 2.05) is 23.1 Å². The van der Waals surface area contributed by atoms with Crippen molar-refractivity contribution >= 4 is 0 Å². The molecular weight excluding hydrogens is 274 g/mol. The lowest BCUT2D eigenvalue weighted by Crippen LogP contribution is -2.36. The van der Waals surface area contributed by atoms with Gasteiger partial charge in [-0.05, 0) is 49.5 Å². The summed E-state index contributed by atoms with van der Waals surface area (Å²) < 4.78 is 1.98. The Kier molecular flexibility index (Phi) is 4.23. The molecule has 1 aliphatic heterocycles. The van der Waals surface area contributed by atoms with Crippen molar-refractivity contribution in [3.63, 3.8) is 0 Å². The second-order valence-corrected chi connectivity index (χ2v) is 7.83. The molecule has 1 aromatic rings. The van der Waals surface area contributed by atoms with Crippen LogP contribution >= 0.6 is 0 Å². The molecule has 2 heterocycles. The molecule has 3 fully saturated rings. The maximum Gasteiger partial charge on any atom is 0.0781 e. The smallest absolute Gasteiger partial charge is 0.0781 e. The van der Waals surface area contributed by atoms with Gasteiger partial charge in [-0.1, -0.05) is 19.3 Å². The summed E-state index contributed by atoms with van der Waals surface area (Å²) in [7, 11) is 0. The molecule has 0 spiro atoms. The van der Waals surface area contributed by atoms with Crippen molar-refractivity contribution in [2.45, 2.75) is 57.1 Å². The van der Waals surface area contributed by atoms with Crippen LogP contribution in [0.3, 0.4) is 0 Å². The zero-order chi connectivity index (χ0) is 14.9. The molecule has 4 rings (SSSR count). The highest BCUT2D eigenvalue weighted by atomic mass is 16.3. The van der Waals surface area contributed by atoms with Gasteiger partial charge in [-0.2, -0.15) is 5.10 Å². The van der Waals surface area contributed by atoms with E-state index in [1.54, 1.807) is 0 Å². The molecule has 0 unspecified atom stereocenters. The summed E-state index contributed by atoms with van der Waals surface area (Å²) in [6.07, 6.45) is 12.8. The number of hydrogen-bond donors (Lipinski definition) is 1. The van der Waals surface area contributed by atoms with Gasteiger partial charge in [0.15, 0.2) is 0 Å². The lowest BCUT2D eigenvalue weighted by molar-refractivity contribution is 0.0306. The van der Waals surface area contributed by atoms with E-state index in [4.69, 9.17) is 0 Å². The monoisotopic (exact) mass is 303 g/mol. The summed E-state index contributed by atoms with van der Waals surface area (Å²) in [6, 6.07) is 2.15. The predicted octanol–water partition coefficient (Wildman–Crippen LogP) is 2.71. The summed E-state index contributed by atoms with van der Waals surface area (Å²) in [5.41, 5.74) is 0. The van der Waals surface area contributed by atoms with Crippen molar-refractivity contribution in [3.8, 4) is 0 Å². The van der Waals surface area contributed by atoms with Crippen LogP contribution in [0.1, 0.15) is 51.0 Å². The first kappa shape index (κ1) is 14.7. The number of aliphatic hydroxyl groups excluding tert-OH is 1. The number of likely N-dealkylation sites (tertiary alicyclic amines) is 1. The normalized spacial score (nSPS) is 37.3. The van der Waals surface area contributed by atoms with Crippen molar-refractivity contribution in [2.75, 3.05) is 19.6 Å². The lowest BCUT2D eigenvalue weighted by atomic mass is 9.77. The highest BCUT2D eigenvalue weighted by Gasteiger charge is 2.42. The third-order valence-corrected chi connectivity index (χ3v) is 6.29. The Bertz CT molecular complexity index is 469. The standard InChI is InChI=1S/C18H29N3O/c22-18-10-16-13-20(11-14-5-2-1-3-6-14)12-15(16)9-17(18)21-8-4-7-19-21/h4,7-8,14-18,22H,1-3,5-6,9-13H2/t15-,16+,17-,18-/m0/s1. The molecule has 4 heteroatoms. The lowest BCUT2D eigenvalue weighted by Gasteiger charge is -2.35. The molecule has 1 aromatic heterocycles. The van der Waals surface area contributed by atoms with E-state index in [-0.39, 0.29) is 12.1 Å². The van der Waals surface area contributed by atoms with Crippen LogP contribution in [0.4, 0.5) is 0 Å². The molecule has 0 radical (unpaired) electrons. The molecule has 2 aliphatic carbocycles. The molecule has 3 aliphatic rings. The Labute approximate surface area is 133 Å². The minimum absolute atomic E-state index is 0.186. The fraction of sp³-hybridized carbons (Fsp3) is 0.833. The van der Waals surface area contributed by atoms with E-state index in [9.17, 15) is 5.11 Å². The second kappa shape index (κ2) is 6.32. The van der Waals surface area contributed by atoms with Crippen LogP contribution in [0.5, 0.6) is 0 Å². The highest BCUT2D eigenvalue weighted by Crippen LogP contribution is 2.41. The number of aromatic nitrogens is 2. The summed E-state index contributed by atoms with van der Waals surface area (Å²) >= 11 is 0. The molecule has 2 saturated carbocycles. The molecule has 0 bridgehead atoms. The van der Waals surface area contributed by atoms with Crippen molar-refractivity contribution < 1.29 is 5.11 Å². The van der Waals surface area contributed by atoms with Gasteiger partial charge < -0.3 is 10.0 Å². The quantitative estimate of drug-likeness (QED) is 0.933. The van der Waals surface area contributed by atoms with Crippen LogP contribution in [-0.2, 0) is 0 Å². The maximum atomic E-state index is 10.5. The fourth-order valence-electron chi connectivity index (χ4n) is 5.15. The van der Waals surface area contributed by atoms with Crippen LogP contribution in [0.25, 0.3) is 0 Å². The molecular formula is C18H29N3O. The Morgan fingerprint density at radius 2 is 1.82 bits per heavy atom. The van der Waals surface area contributed by atoms with Gasteiger partial charge in [0, 0.05) is 32.0 Å². The molecule has 122 valence electrons. The molecule has 4 nitrogen and oxygen atoms in total. The van der Waals surface area contributed by atoms with Crippen LogP contribution in [0, 0.1) is 17.8 Å². The summed E-state index contributed by atoms with van der Waals surface area (Å²) in [5.74, 6) is 2.38. The first-order valence-electron chi connectivity index (χ1n) is 9.19. The Balaban J connectivity index is 1.36. The number of aliphatic hydroxyl groups is 1. The van der Waals surface area contributed by atoms with Crippen molar-refractivity contribution in [1.82, 2.24) is 14.7 Å². The minimum atomic E-state index is -0.226. The number of rotatable bonds is 3. The maximum absolute atomic E-state index is 10.5. The number of fused-ring (bicyclic) bond motifs is 1. The van der Waals surface area contributed by atoms with E-state index in [1.165, 1.54) is 51.7 Å². The molecule has 4 atom stereocenters. The molecule has 1 saturated heterocycles. The van der Waals surface area contributed by atoms with Crippen molar-refractivity contribution in [1.29, 1.82) is 0 Å². The Morgan fingerprint density at radius 1 is 1.05 bits per heavy atom. The highest BCUT2D eigenvalue weighted by molar-refractivity contribution is 4.96. The van der Waals surface area contributed by atoms with Crippen LogP contribution in [0.2, 0.25) is 0 Å². The Hall–Kier alpha value is -0.870. The first-order valence-corrected chi connectivity index (χ1v) is 9.19. The third-order valence-electron chi connectivity index (χ3n) is 6.29. The second-order valence-electron chi connectivity index (χ2n) is 7.83. The van der Waals surface area contributed by atoms with Gasteiger partial charge in [0.2, 0.25) is 0 Å². The Morgan fingerprint density at radius 3 is 2.55 bits per heavy atom. The fourth-order valence-corrected chi connectivity index (χ4v) is 5.15. The molecule has 22 heavy (non-hydrogen) atoms. The van der Waals surface area contributed by atoms with Gasteiger partial charge in [0.25, 0.3) is 0 Å². The number of hydrogen-bond acceptors (Lipinski definition) is 3. The van der Waals surface area contributed by atoms with Gasteiger partial charge >= 0.3 is 0 Å². The van der Waals surface area contributed by atoms with Crippen molar-refractivity contribution in [3.05, 3.63) is 18.5 Å². The van der Waals surface area contributed by atoms with Crippen LogP contribution in [-0.4, -0.2) is 45.5 Å². The van der Waals surface area contributed by atoms with Gasteiger partial charge in [0.1, 0.15) is 0 Å².